The summed E-state index contributed by atoms with van der Waals surface area (Å²) in [5.41, 5.74) is -0.0965. The van der Waals surface area contributed by atoms with Gasteiger partial charge >= 0.3 is 6.09 Å². The van der Waals surface area contributed by atoms with Gasteiger partial charge in [0.25, 0.3) is 0 Å². The Kier molecular flexibility index (Phi) is 4.84. The van der Waals surface area contributed by atoms with Gasteiger partial charge < -0.3 is 10.1 Å². The quantitative estimate of drug-likeness (QED) is 0.854. The van der Waals surface area contributed by atoms with Crippen molar-refractivity contribution in [2.24, 2.45) is 0 Å². The molecule has 1 rings (SSSR count). The van der Waals surface area contributed by atoms with E-state index in [4.69, 9.17) is 4.74 Å². The SMILES string of the molecule is C[C@H](CC(=O)c1ccsn1)NC(=O)OC(C)(C)C. The van der Waals surface area contributed by atoms with E-state index >= 15 is 0 Å². The van der Waals surface area contributed by atoms with Crippen molar-refractivity contribution in [3.63, 3.8) is 0 Å². The molecule has 0 saturated heterocycles. The smallest absolute Gasteiger partial charge is 0.407 e. The van der Waals surface area contributed by atoms with Crippen molar-refractivity contribution in [3.8, 4) is 0 Å². The lowest BCUT2D eigenvalue weighted by Gasteiger charge is -2.21. The van der Waals surface area contributed by atoms with Crippen LogP contribution in [0.3, 0.4) is 0 Å². The number of alkyl carbamates (subject to hydrolysis) is 1. The van der Waals surface area contributed by atoms with Gasteiger partial charge in [0.1, 0.15) is 11.3 Å². The normalized spacial score (nSPS) is 12.9. The highest BCUT2D eigenvalue weighted by atomic mass is 32.1. The maximum Gasteiger partial charge on any atom is 0.407 e. The fourth-order valence-corrected chi connectivity index (χ4v) is 1.83. The zero-order valence-electron chi connectivity index (χ0n) is 11.0. The highest BCUT2D eigenvalue weighted by Crippen LogP contribution is 2.08. The molecule has 0 radical (unpaired) electrons. The molecule has 6 heteroatoms. The first kappa shape index (κ1) is 14.6. The van der Waals surface area contributed by atoms with E-state index in [1.54, 1.807) is 39.1 Å². The minimum absolute atomic E-state index is 0.0835. The third-order valence-corrected chi connectivity index (χ3v) is 2.54. The number of carbonyl (C=O) groups is 2. The molecule has 0 aromatic carbocycles. The van der Waals surface area contributed by atoms with Crippen LogP contribution in [-0.2, 0) is 4.74 Å². The zero-order valence-corrected chi connectivity index (χ0v) is 11.8. The first-order valence-electron chi connectivity index (χ1n) is 5.71. The molecule has 1 heterocycles. The number of hydrogen-bond donors (Lipinski definition) is 1. The Morgan fingerprint density at radius 1 is 1.50 bits per heavy atom. The van der Waals surface area contributed by atoms with E-state index in [0.717, 1.165) is 0 Å². The summed E-state index contributed by atoms with van der Waals surface area (Å²) in [7, 11) is 0. The number of Topliss-reactive ketones (excluding diaryl/α,β-unsaturated/α-hetero) is 1. The molecule has 100 valence electrons. The van der Waals surface area contributed by atoms with E-state index in [9.17, 15) is 9.59 Å². The molecule has 0 unspecified atom stereocenters. The molecule has 1 N–H and O–H groups in total. The molecule has 0 spiro atoms. The van der Waals surface area contributed by atoms with E-state index in [1.807, 2.05) is 0 Å². The summed E-state index contributed by atoms with van der Waals surface area (Å²) in [4.78, 5) is 23.2. The fraction of sp³-hybridized carbons (Fsp3) is 0.583. The topological polar surface area (TPSA) is 68.3 Å². The maximum absolute atomic E-state index is 11.7. The monoisotopic (exact) mass is 270 g/mol. The van der Waals surface area contributed by atoms with Crippen LogP contribution in [0.2, 0.25) is 0 Å². The van der Waals surface area contributed by atoms with Gasteiger partial charge in [-0.15, -0.1) is 0 Å². The van der Waals surface area contributed by atoms with Gasteiger partial charge in [0.05, 0.1) is 0 Å². The molecule has 1 aromatic rings. The highest BCUT2D eigenvalue weighted by Gasteiger charge is 2.19. The van der Waals surface area contributed by atoms with E-state index in [0.29, 0.717) is 5.69 Å². The minimum atomic E-state index is -0.539. The summed E-state index contributed by atoms with van der Waals surface area (Å²) in [6.45, 7) is 7.13. The van der Waals surface area contributed by atoms with Crippen LogP contribution in [0.25, 0.3) is 0 Å². The Morgan fingerprint density at radius 2 is 2.17 bits per heavy atom. The molecular formula is C12H18N2O3S. The number of amides is 1. The molecule has 0 aliphatic heterocycles. The summed E-state index contributed by atoms with van der Waals surface area (Å²) >= 11 is 1.23. The summed E-state index contributed by atoms with van der Waals surface area (Å²) < 4.78 is 9.06. The summed E-state index contributed by atoms with van der Waals surface area (Å²) in [5, 5.41) is 4.37. The van der Waals surface area contributed by atoms with Crippen molar-refractivity contribution >= 4 is 23.4 Å². The molecule has 1 aromatic heterocycles. The number of nitrogens with zero attached hydrogens (tertiary/aromatic N) is 1. The van der Waals surface area contributed by atoms with Gasteiger partial charge in [-0.3, -0.25) is 4.79 Å². The average molecular weight is 270 g/mol. The number of hydrogen-bond acceptors (Lipinski definition) is 5. The Hall–Kier alpha value is -1.43. The first-order valence-corrected chi connectivity index (χ1v) is 6.54. The van der Waals surface area contributed by atoms with Crippen LogP contribution in [-0.4, -0.2) is 27.9 Å². The second-order valence-electron chi connectivity index (χ2n) is 5.06. The first-order chi connectivity index (χ1) is 8.28. The lowest BCUT2D eigenvalue weighted by molar-refractivity contribution is 0.0506. The van der Waals surface area contributed by atoms with Crippen LogP contribution in [0, 0.1) is 0 Å². The second-order valence-corrected chi connectivity index (χ2v) is 5.72. The minimum Gasteiger partial charge on any atom is -0.444 e. The zero-order chi connectivity index (χ0) is 13.8. The number of aromatic nitrogens is 1. The van der Waals surface area contributed by atoms with Crippen molar-refractivity contribution in [2.75, 3.05) is 0 Å². The van der Waals surface area contributed by atoms with Crippen LogP contribution in [0.4, 0.5) is 4.79 Å². The van der Waals surface area contributed by atoms with Gasteiger partial charge in [-0.05, 0) is 45.3 Å². The lowest BCUT2D eigenvalue weighted by Crippen LogP contribution is -2.38. The number of ketones is 1. The summed E-state index contributed by atoms with van der Waals surface area (Å²) in [5.74, 6) is -0.0835. The van der Waals surface area contributed by atoms with Crippen LogP contribution >= 0.6 is 11.5 Å². The standard InChI is InChI=1S/C12H18N2O3S/c1-8(13-11(16)17-12(2,3)4)7-10(15)9-5-6-18-14-9/h5-6,8H,7H2,1-4H3,(H,13,16)/t8-/m1/s1. The third kappa shape index (κ3) is 5.27. The molecule has 0 fully saturated rings. The van der Waals surface area contributed by atoms with E-state index in [-0.39, 0.29) is 18.2 Å². The Balaban J connectivity index is 2.40. The van der Waals surface area contributed by atoms with Gasteiger partial charge in [0.15, 0.2) is 5.78 Å². The van der Waals surface area contributed by atoms with Crippen LogP contribution in [0.1, 0.15) is 44.6 Å². The van der Waals surface area contributed by atoms with Crippen molar-refractivity contribution in [1.82, 2.24) is 9.69 Å². The maximum atomic E-state index is 11.7. The fourth-order valence-electron chi connectivity index (χ4n) is 1.30. The number of carbonyl (C=O) groups excluding carboxylic acids is 2. The van der Waals surface area contributed by atoms with Crippen LogP contribution in [0.5, 0.6) is 0 Å². The van der Waals surface area contributed by atoms with Gasteiger partial charge in [0.2, 0.25) is 0 Å². The summed E-state index contributed by atoms with van der Waals surface area (Å²) in [6, 6.07) is 1.39. The molecule has 0 bridgehead atoms. The number of rotatable bonds is 4. The number of ether oxygens (including phenoxy) is 1. The van der Waals surface area contributed by atoms with Gasteiger partial charge in [0, 0.05) is 17.8 Å². The Bertz CT molecular complexity index is 409. The molecule has 5 nitrogen and oxygen atoms in total. The predicted molar refractivity (Wildman–Crippen MR) is 69.9 cm³/mol. The molecule has 1 atom stereocenters. The molecule has 1 amide bonds. The van der Waals surface area contributed by atoms with Gasteiger partial charge in [-0.2, -0.15) is 4.37 Å². The van der Waals surface area contributed by atoms with Crippen LogP contribution < -0.4 is 5.32 Å². The molecule has 0 saturated carbocycles. The largest absolute Gasteiger partial charge is 0.444 e. The Morgan fingerprint density at radius 3 is 2.67 bits per heavy atom. The van der Waals surface area contributed by atoms with E-state index < -0.39 is 11.7 Å². The van der Waals surface area contributed by atoms with Gasteiger partial charge in [-0.25, -0.2) is 4.79 Å². The van der Waals surface area contributed by atoms with Crippen molar-refractivity contribution in [1.29, 1.82) is 0 Å². The van der Waals surface area contributed by atoms with Crippen molar-refractivity contribution in [2.45, 2.75) is 45.8 Å². The third-order valence-electron chi connectivity index (χ3n) is 1.98. The Labute approximate surface area is 111 Å². The summed E-state index contributed by atoms with van der Waals surface area (Å²) in [6.07, 6.45) is -0.302. The van der Waals surface area contributed by atoms with Crippen molar-refractivity contribution in [3.05, 3.63) is 17.1 Å². The van der Waals surface area contributed by atoms with Crippen molar-refractivity contribution < 1.29 is 14.3 Å². The molecular weight excluding hydrogens is 252 g/mol. The number of nitrogens with one attached hydrogen (secondary N) is 1. The van der Waals surface area contributed by atoms with Crippen LogP contribution in [0.15, 0.2) is 11.4 Å². The predicted octanol–water partition coefficient (Wildman–Crippen LogP) is 2.63. The van der Waals surface area contributed by atoms with Gasteiger partial charge in [-0.1, -0.05) is 0 Å². The average Bonchev–Trinajstić information content (AvgIpc) is 2.65. The van der Waals surface area contributed by atoms with E-state index in [1.165, 1.54) is 11.5 Å². The molecule has 0 aliphatic carbocycles. The lowest BCUT2D eigenvalue weighted by atomic mass is 10.1. The van der Waals surface area contributed by atoms with E-state index in [2.05, 4.69) is 9.69 Å². The second kappa shape index (κ2) is 5.95. The molecule has 0 aliphatic rings. The molecule has 18 heavy (non-hydrogen) atoms. The highest BCUT2D eigenvalue weighted by molar-refractivity contribution is 7.03.